The molecule has 0 saturated carbocycles. The van der Waals surface area contributed by atoms with Crippen molar-refractivity contribution in [2.75, 3.05) is 43.9 Å². The first-order valence-electron chi connectivity index (χ1n) is 11.7. The van der Waals surface area contributed by atoms with Gasteiger partial charge in [-0.05, 0) is 29.6 Å². The van der Waals surface area contributed by atoms with Crippen LogP contribution in [-0.2, 0) is 13.6 Å². The summed E-state index contributed by atoms with van der Waals surface area (Å²) in [5.41, 5.74) is 4.06. The Balaban J connectivity index is 1.32. The van der Waals surface area contributed by atoms with Gasteiger partial charge >= 0.3 is 6.03 Å². The number of hydrogen-bond acceptors (Lipinski definition) is 4. The molecule has 1 aromatic heterocycles. The van der Waals surface area contributed by atoms with Gasteiger partial charge in [-0.2, -0.15) is 5.10 Å². The number of rotatable bonds is 5. The normalized spacial score (nSPS) is 14.9. The summed E-state index contributed by atoms with van der Waals surface area (Å²) in [6, 6.07) is 24.0. The van der Waals surface area contributed by atoms with E-state index in [1.54, 1.807) is 4.68 Å². The molecule has 1 fully saturated rings. The van der Waals surface area contributed by atoms with E-state index in [1.807, 2.05) is 55.6 Å². The van der Waals surface area contributed by atoms with Crippen molar-refractivity contribution < 1.29 is 4.79 Å². The first-order chi connectivity index (χ1) is 16.6. The van der Waals surface area contributed by atoms with Gasteiger partial charge in [-0.1, -0.05) is 60.7 Å². The van der Waals surface area contributed by atoms with Crippen LogP contribution in [0.4, 0.5) is 16.3 Å². The standard InChI is InChI=1S/C27H30N6O/c1-31-14-16-33(17-15-31)19-21-12-13-24(23-11-7-6-10-22(21)23)28-27(34)29-26-18-25(32(2)30-26)20-8-4-3-5-9-20/h3-13,18H,14-17,19H2,1-2H3,(H2,28,29,30,34). The molecule has 7 heteroatoms. The molecule has 0 bridgehead atoms. The molecule has 0 unspecified atom stereocenters. The predicted molar refractivity (Wildman–Crippen MR) is 138 cm³/mol. The van der Waals surface area contributed by atoms with Crippen LogP contribution in [0.3, 0.4) is 0 Å². The summed E-state index contributed by atoms with van der Waals surface area (Å²) in [5, 5.41) is 12.6. The minimum absolute atomic E-state index is 0.310. The third-order valence-electron chi connectivity index (χ3n) is 6.44. The van der Waals surface area contributed by atoms with Crippen molar-refractivity contribution in [2.45, 2.75) is 6.54 Å². The van der Waals surface area contributed by atoms with Crippen molar-refractivity contribution in [3.05, 3.63) is 78.4 Å². The fraction of sp³-hybridized carbons (Fsp3) is 0.259. The highest BCUT2D eigenvalue weighted by Crippen LogP contribution is 2.28. The zero-order valence-corrected chi connectivity index (χ0v) is 19.7. The van der Waals surface area contributed by atoms with Crippen molar-refractivity contribution >= 4 is 28.3 Å². The number of nitrogens with one attached hydrogen (secondary N) is 2. The molecule has 34 heavy (non-hydrogen) atoms. The zero-order chi connectivity index (χ0) is 23.5. The first-order valence-corrected chi connectivity index (χ1v) is 11.7. The predicted octanol–water partition coefficient (Wildman–Crippen LogP) is 4.63. The van der Waals surface area contributed by atoms with E-state index < -0.39 is 0 Å². The summed E-state index contributed by atoms with van der Waals surface area (Å²) in [7, 11) is 4.05. The van der Waals surface area contributed by atoms with Gasteiger partial charge < -0.3 is 10.2 Å². The van der Waals surface area contributed by atoms with E-state index in [4.69, 9.17) is 0 Å². The Morgan fingerprint density at radius 3 is 2.32 bits per heavy atom. The van der Waals surface area contributed by atoms with Crippen molar-refractivity contribution in [2.24, 2.45) is 7.05 Å². The van der Waals surface area contributed by atoms with Crippen molar-refractivity contribution in [1.29, 1.82) is 0 Å². The summed E-state index contributed by atoms with van der Waals surface area (Å²) in [6.07, 6.45) is 0. The van der Waals surface area contributed by atoms with Gasteiger partial charge in [0.2, 0.25) is 0 Å². The number of piperazine rings is 1. The molecule has 174 valence electrons. The lowest BCUT2D eigenvalue weighted by molar-refractivity contribution is 0.148. The smallest absolute Gasteiger partial charge is 0.307 e. The number of benzene rings is 3. The molecule has 1 aliphatic rings. The largest absolute Gasteiger partial charge is 0.324 e. The number of aromatic nitrogens is 2. The van der Waals surface area contributed by atoms with Crippen LogP contribution in [0.2, 0.25) is 0 Å². The van der Waals surface area contributed by atoms with Crippen LogP contribution in [0.1, 0.15) is 5.56 Å². The third-order valence-corrected chi connectivity index (χ3v) is 6.44. The Hall–Kier alpha value is -3.68. The molecule has 2 heterocycles. The second-order valence-corrected chi connectivity index (χ2v) is 8.88. The highest BCUT2D eigenvalue weighted by atomic mass is 16.2. The van der Waals surface area contributed by atoms with E-state index in [-0.39, 0.29) is 6.03 Å². The van der Waals surface area contributed by atoms with E-state index in [0.29, 0.717) is 5.82 Å². The Morgan fingerprint density at radius 2 is 1.56 bits per heavy atom. The number of aryl methyl sites for hydroxylation is 1. The molecule has 7 nitrogen and oxygen atoms in total. The van der Waals surface area contributed by atoms with Crippen LogP contribution in [0.15, 0.2) is 72.8 Å². The maximum atomic E-state index is 12.8. The van der Waals surface area contributed by atoms with Crippen molar-refractivity contribution in [3.63, 3.8) is 0 Å². The summed E-state index contributed by atoms with van der Waals surface area (Å²) < 4.78 is 1.77. The van der Waals surface area contributed by atoms with Crippen molar-refractivity contribution in [3.8, 4) is 11.3 Å². The molecular formula is C27H30N6O. The highest BCUT2D eigenvalue weighted by Gasteiger charge is 2.16. The summed E-state index contributed by atoms with van der Waals surface area (Å²) in [5.74, 6) is 0.509. The van der Waals surface area contributed by atoms with Crippen LogP contribution in [-0.4, -0.2) is 58.8 Å². The Labute approximate surface area is 200 Å². The van der Waals surface area contributed by atoms with Crippen LogP contribution in [0, 0.1) is 0 Å². The quantitative estimate of drug-likeness (QED) is 0.461. The second-order valence-electron chi connectivity index (χ2n) is 8.88. The Kier molecular flexibility index (Phi) is 6.29. The number of urea groups is 1. The van der Waals surface area contributed by atoms with Gasteiger partial charge in [0, 0.05) is 51.2 Å². The highest BCUT2D eigenvalue weighted by molar-refractivity contribution is 6.06. The monoisotopic (exact) mass is 454 g/mol. The number of nitrogens with zero attached hydrogens (tertiary/aromatic N) is 4. The van der Waals surface area contributed by atoms with Crippen LogP contribution in [0.5, 0.6) is 0 Å². The molecule has 5 rings (SSSR count). The van der Waals surface area contributed by atoms with Gasteiger partial charge in [-0.3, -0.25) is 14.9 Å². The molecule has 0 aliphatic carbocycles. The lowest BCUT2D eigenvalue weighted by Gasteiger charge is -2.32. The third kappa shape index (κ3) is 4.81. The van der Waals surface area contributed by atoms with E-state index in [9.17, 15) is 4.79 Å². The summed E-state index contributed by atoms with van der Waals surface area (Å²) >= 11 is 0. The topological polar surface area (TPSA) is 65.4 Å². The number of anilines is 2. The molecule has 0 spiro atoms. The Morgan fingerprint density at radius 1 is 0.853 bits per heavy atom. The first kappa shape index (κ1) is 22.1. The van der Waals surface area contributed by atoms with Gasteiger partial charge in [0.15, 0.2) is 5.82 Å². The second kappa shape index (κ2) is 9.67. The lowest BCUT2D eigenvalue weighted by Crippen LogP contribution is -2.43. The molecule has 3 aromatic carbocycles. The molecule has 2 N–H and O–H groups in total. The minimum Gasteiger partial charge on any atom is -0.307 e. The van der Waals surface area contributed by atoms with Gasteiger partial charge in [-0.25, -0.2) is 4.79 Å². The fourth-order valence-corrected chi connectivity index (χ4v) is 4.53. The number of likely N-dealkylation sites (N-methyl/N-ethyl adjacent to an activating group) is 1. The number of fused-ring (bicyclic) bond motifs is 1. The average molecular weight is 455 g/mol. The van der Waals surface area contributed by atoms with E-state index >= 15 is 0 Å². The maximum absolute atomic E-state index is 12.8. The Bertz CT molecular complexity index is 1290. The number of amides is 2. The number of hydrogen-bond donors (Lipinski definition) is 2. The summed E-state index contributed by atoms with van der Waals surface area (Å²) in [4.78, 5) is 17.7. The molecule has 0 atom stereocenters. The van der Waals surface area contributed by atoms with Gasteiger partial charge in [-0.15, -0.1) is 0 Å². The molecule has 4 aromatic rings. The fourth-order valence-electron chi connectivity index (χ4n) is 4.53. The maximum Gasteiger partial charge on any atom is 0.324 e. The molecule has 1 saturated heterocycles. The van der Waals surface area contributed by atoms with Gasteiger partial charge in [0.1, 0.15) is 0 Å². The van der Waals surface area contributed by atoms with E-state index in [1.165, 1.54) is 10.9 Å². The summed E-state index contributed by atoms with van der Waals surface area (Å²) in [6.45, 7) is 5.25. The van der Waals surface area contributed by atoms with Gasteiger partial charge in [0.25, 0.3) is 0 Å². The van der Waals surface area contributed by atoms with Gasteiger partial charge in [0.05, 0.1) is 11.4 Å². The minimum atomic E-state index is -0.310. The molecule has 0 radical (unpaired) electrons. The van der Waals surface area contributed by atoms with Crippen molar-refractivity contribution in [1.82, 2.24) is 19.6 Å². The van der Waals surface area contributed by atoms with Crippen LogP contribution < -0.4 is 10.6 Å². The van der Waals surface area contributed by atoms with Crippen LogP contribution in [0.25, 0.3) is 22.0 Å². The molecule has 1 aliphatic heterocycles. The lowest BCUT2D eigenvalue weighted by atomic mass is 10.0. The number of carbonyl (C=O) groups is 1. The molecular weight excluding hydrogens is 424 g/mol. The zero-order valence-electron chi connectivity index (χ0n) is 19.7. The van der Waals surface area contributed by atoms with E-state index in [2.05, 4.69) is 56.8 Å². The van der Waals surface area contributed by atoms with Crippen LogP contribution >= 0.6 is 0 Å². The average Bonchev–Trinajstić information content (AvgIpc) is 3.22. The number of carbonyl (C=O) groups excluding carboxylic acids is 1. The molecule has 2 amide bonds. The SMILES string of the molecule is CN1CCN(Cc2ccc(NC(=O)Nc3cc(-c4ccccc4)n(C)n3)c3ccccc23)CC1. The van der Waals surface area contributed by atoms with E-state index in [0.717, 1.165) is 55.1 Å².